The van der Waals surface area contributed by atoms with Crippen molar-refractivity contribution >= 4 is 0 Å². The van der Waals surface area contributed by atoms with E-state index in [9.17, 15) is 0 Å². The van der Waals surface area contributed by atoms with Crippen molar-refractivity contribution in [3.05, 3.63) is 11.6 Å². The summed E-state index contributed by atoms with van der Waals surface area (Å²) in [7, 11) is 0. The molecule has 0 heterocycles. The first-order chi connectivity index (χ1) is 13.3. The van der Waals surface area contributed by atoms with Gasteiger partial charge in [0.05, 0.1) is 0 Å². The van der Waals surface area contributed by atoms with E-state index in [1.165, 1.54) is 70.6 Å². The summed E-state index contributed by atoms with van der Waals surface area (Å²) in [4.78, 5) is 0. The summed E-state index contributed by atoms with van der Waals surface area (Å²) in [5.41, 5.74) is 3.17. The number of rotatable bonds is 5. The van der Waals surface area contributed by atoms with E-state index < -0.39 is 0 Å². The zero-order valence-corrected chi connectivity index (χ0v) is 19.9. The van der Waals surface area contributed by atoms with E-state index in [1.54, 1.807) is 0 Å². The molecule has 0 heteroatoms. The molecule has 0 aromatic heterocycles. The molecule has 4 aliphatic carbocycles. The summed E-state index contributed by atoms with van der Waals surface area (Å²) >= 11 is 0. The molecule has 160 valence electrons. The third-order valence-electron chi connectivity index (χ3n) is 10.6. The maximum Gasteiger partial charge on any atom is -0.0143 e. The standard InChI is InChI=1S/C28H48/c1-19(2)9-7-10-20(3)24-14-15-25-22-12-13-23-21(4)11-8-17-27(23,5)26(22)16-18-28(24,25)6/h12,19-21,23-26H,7-11,13-18H2,1-6H3/t20-,21-,23?,24-,25+,26+,27+,28-/m1/s1. The van der Waals surface area contributed by atoms with Gasteiger partial charge >= 0.3 is 0 Å². The first-order valence-corrected chi connectivity index (χ1v) is 13.0. The summed E-state index contributed by atoms with van der Waals surface area (Å²) in [6.45, 7) is 15.3. The summed E-state index contributed by atoms with van der Waals surface area (Å²) in [6.07, 6.45) is 19.0. The monoisotopic (exact) mass is 384 g/mol. The van der Waals surface area contributed by atoms with Gasteiger partial charge in [0.15, 0.2) is 0 Å². The smallest absolute Gasteiger partial charge is 0.0143 e. The highest BCUT2D eigenvalue weighted by atomic mass is 14.6. The van der Waals surface area contributed by atoms with Crippen LogP contribution >= 0.6 is 0 Å². The first kappa shape index (κ1) is 21.0. The molecule has 0 aliphatic heterocycles. The summed E-state index contributed by atoms with van der Waals surface area (Å²) in [5, 5.41) is 0. The maximum absolute atomic E-state index is 2.80. The van der Waals surface area contributed by atoms with Gasteiger partial charge in [0.2, 0.25) is 0 Å². The highest BCUT2D eigenvalue weighted by molar-refractivity contribution is 5.27. The predicted octanol–water partition coefficient (Wildman–Crippen LogP) is 8.66. The minimum absolute atomic E-state index is 0.600. The Labute approximate surface area is 176 Å². The van der Waals surface area contributed by atoms with Gasteiger partial charge < -0.3 is 0 Å². The van der Waals surface area contributed by atoms with Crippen LogP contribution in [0.25, 0.3) is 0 Å². The van der Waals surface area contributed by atoms with Gasteiger partial charge in [-0.25, -0.2) is 0 Å². The van der Waals surface area contributed by atoms with Crippen molar-refractivity contribution < 1.29 is 0 Å². The fourth-order valence-electron chi connectivity index (χ4n) is 9.05. The van der Waals surface area contributed by atoms with Crippen LogP contribution in [0.4, 0.5) is 0 Å². The van der Waals surface area contributed by atoms with E-state index in [0.29, 0.717) is 10.8 Å². The Balaban J connectivity index is 1.51. The van der Waals surface area contributed by atoms with Gasteiger partial charge in [-0.3, -0.25) is 0 Å². The molecule has 1 unspecified atom stereocenters. The Hall–Kier alpha value is -0.260. The number of hydrogen-bond acceptors (Lipinski definition) is 0. The van der Waals surface area contributed by atoms with Gasteiger partial charge in [-0.2, -0.15) is 0 Å². The normalized spacial score (nSPS) is 46.5. The van der Waals surface area contributed by atoms with Crippen LogP contribution in [-0.2, 0) is 0 Å². The average Bonchev–Trinajstić information content (AvgIpc) is 2.98. The Morgan fingerprint density at radius 1 is 0.929 bits per heavy atom. The molecule has 0 aromatic rings. The molecule has 0 aromatic carbocycles. The van der Waals surface area contributed by atoms with E-state index in [2.05, 4.69) is 47.6 Å². The van der Waals surface area contributed by atoms with Gasteiger partial charge in [0, 0.05) is 0 Å². The molecule has 8 atom stereocenters. The molecular weight excluding hydrogens is 336 g/mol. The lowest BCUT2D eigenvalue weighted by Gasteiger charge is -2.58. The molecule has 4 rings (SSSR count). The van der Waals surface area contributed by atoms with Crippen LogP contribution in [0.5, 0.6) is 0 Å². The van der Waals surface area contributed by atoms with Gasteiger partial charge in [-0.15, -0.1) is 0 Å². The quantitative estimate of drug-likeness (QED) is 0.416. The Kier molecular flexibility index (Phi) is 5.83. The van der Waals surface area contributed by atoms with Crippen LogP contribution in [0.2, 0.25) is 0 Å². The van der Waals surface area contributed by atoms with E-state index in [1.807, 2.05) is 5.57 Å². The zero-order chi connectivity index (χ0) is 20.1. The van der Waals surface area contributed by atoms with Crippen molar-refractivity contribution in [1.29, 1.82) is 0 Å². The van der Waals surface area contributed by atoms with Crippen LogP contribution in [0, 0.1) is 52.3 Å². The van der Waals surface area contributed by atoms with Crippen LogP contribution < -0.4 is 0 Å². The van der Waals surface area contributed by atoms with E-state index in [-0.39, 0.29) is 0 Å². The Morgan fingerprint density at radius 2 is 1.68 bits per heavy atom. The largest absolute Gasteiger partial charge is 0.0844 e. The minimum Gasteiger partial charge on any atom is -0.0844 e. The topological polar surface area (TPSA) is 0 Å². The fourth-order valence-corrected chi connectivity index (χ4v) is 9.05. The molecule has 0 spiro atoms. The van der Waals surface area contributed by atoms with Crippen molar-refractivity contribution in [2.75, 3.05) is 0 Å². The van der Waals surface area contributed by atoms with Gasteiger partial charge in [0.1, 0.15) is 0 Å². The number of hydrogen-bond donors (Lipinski definition) is 0. The first-order valence-electron chi connectivity index (χ1n) is 13.0. The maximum atomic E-state index is 2.80. The molecule has 0 bridgehead atoms. The van der Waals surface area contributed by atoms with Crippen molar-refractivity contribution in [2.45, 2.75) is 112 Å². The fraction of sp³-hybridized carbons (Fsp3) is 0.929. The predicted molar refractivity (Wildman–Crippen MR) is 122 cm³/mol. The second-order valence-corrected chi connectivity index (χ2v) is 12.6. The second kappa shape index (κ2) is 7.77. The van der Waals surface area contributed by atoms with Crippen LogP contribution in [0.15, 0.2) is 11.6 Å². The second-order valence-electron chi connectivity index (χ2n) is 12.6. The molecule has 3 saturated carbocycles. The van der Waals surface area contributed by atoms with Gasteiger partial charge in [-0.1, -0.05) is 85.3 Å². The molecule has 0 N–H and O–H groups in total. The van der Waals surface area contributed by atoms with E-state index in [0.717, 1.165) is 41.4 Å². The van der Waals surface area contributed by atoms with Crippen LogP contribution in [-0.4, -0.2) is 0 Å². The lowest BCUT2D eigenvalue weighted by Crippen LogP contribution is -2.50. The number of allylic oxidation sites excluding steroid dienone is 2. The van der Waals surface area contributed by atoms with Crippen molar-refractivity contribution in [1.82, 2.24) is 0 Å². The minimum atomic E-state index is 0.600. The molecular formula is C28H48. The zero-order valence-electron chi connectivity index (χ0n) is 19.9. The highest BCUT2D eigenvalue weighted by Gasteiger charge is 2.58. The third kappa shape index (κ3) is 3.33. The Morgan fingerprint density at radius 3 is 2.43 bits per heavy atom. The van der Waals surface area contributed by atoms with Crippen molar-refractivity contribution in [2.24, 2.45) is 52.3 Å². The summed E-state index contributed by atoms with van der Waals surface area (Å²) in [6, 6.07) is 0. The third-order valence-corrected chi connectivity index (χ3v) is 10.6. The lowest BCUT2D eigenvalue weighted by molar-refractivity contribution is -0.0286. The number of fused-ring (bicyclic) bond motifs is 5. The molecule has 4 aliphatic rings. The van der Waals surface area contributed by atoms with Crippen molar-refractivity contribution in [3.63, 3.8) is 0 Å². The van der Waals surface area contributed by atoms with E-state index >= 15 is 0 Å². The Bertz CT molecular complexity index is 585. The van der Waals surface area contributed by atoms with Crippen LogP contribution in [0.1, 0.15) is 112 Å². The van der Waals surface area contributed by atoms with E-state index in [4.69, 9.17) is 0 Å². The summed E-state index contributed by atoms with van der Waals surface area (Å²) in [5.74, 6) is 6.51. The molecule has 0 nitrogen and oxygen atoms in total. The molecule has 0 amide bonds. The average molecular weight is 385 g/mol. The lowest BCUT2D eigenvalue weighted by atomic mass is 9.46. The van der Waals surface area contributed by atoms with Gasteiger partial charge in [-0.05, 0) is 90.8 Å². The molecule has 0 saturated heterocycles. The SMILES string of the molecule is CC(C)CCC[C@@H](C)[C@H]1CC[C@H]2C3=CCC4[C@H](C)CCC[C@]4(C)[C@H]3CC[C@]12C. The van der Waals surface area contributed by atoms with Crippen molar-refractivity contribution in [3.8, 4) is 0 Å². The molecule has 28 heavy (non-hydrogen) atoms. The van der Waals surface area contributed by atoms with Gasteiger partial charge in [0.25, 0.3) is 0 Å². The summed E-state index contributed by atoms with van der Waals surface area (Å²) < 4.78 is 0. The van der Waals surface area contributed by atoms with Crippen LogP contribution in [0.3, 0.4) is 0 Å². The highest BCUT2D eigenvalue weighted by Crippen LogP contribution is 2.67. The molecule has 0 radical (unpaired) electrons. The molecule has 3 fully saturated rings.